The summed E-state index contributed by atoms with van der Waals surface area (Å²) in [6, 6.07) is 0. The van der Waals surface area contributed by atoms with Crippen molar-refractivity contribution in [1.29, 1.82) is 0 Å². The van der Waals surface area contributed by atoms with Crippen LogP contribution in [0.2, 0.25) is 0 Å². The Morgan fingerprint density at radius 2 is 1.64 bits per heavy atom. The van der Waals surface area contributed by atoms with Crippen molar-refractivity contribution >= 4 is 0 Å². The zero-order valence-electron chi connectivity index (χ0n) is 8.02. The quantitative estimate of drug-likeness (QED) is 0.536. The highest BCUT2D eigenvalue weighted by Crippen LogP contribution is 2.10. The second-order valence-corrected chi connectivity index (χ2v) is 2.56. The first-order valence-electron chi connectivity index (χ1n) is 4.21. The molecule has 0 rings (SSSR count). The average molecular weight is 150 g/mol. The van der Waals surface area contributed by atoms with Crippen molar-refractivity contribution in [3.05, 3.63) is 35.5 Å². The lowest BCUT2D eigenvalue weighted by Crippen LogP contribution is -1.79. The smallest absolute Gasteiger partial charge is 0.0305 e. The van der Waals surface area contributed by atoms with E-state index in [2.05, 4.69) is 45.1 Å². The van der Waals surface area contributed by atoms with E-state index in [1.54, 1.807) is 0 Å². The normalized spacial score (nSPS) is 14.5. The summed E-state index contributed by atoms with van der Waals surface area (Å²) < 4.78 is 0. The highest BCUT2D eigenvalue weighted by molar-refractivity contribution is 5.30. The monoisotopic (exact) mass is 150 g/mol. The maximum Gasteiger partial charge on any atom is -0.0305 e. The fourth-order valence-electron chi connectivity index (χ4n) is 1.09. The van der Waals surface area contributed by atoms with Crippen LogP contribution in [0, 0.1) is 0 Å². The largest absolute Gasteiger partial charge is 0.0874 e. The maximum absolute atomic E-state index is 2.18. The molecule has 0 nitrogen and oxygen atoms in total. The summed E-state index contributed by atoms with van der Waals surface area (Å²) in [5.41, 5.74) is 2.79. The van der Waals surface area contributed by atoms with E-state index in [0.717, 1.165) is 6.42 Å². The number of rotatable bonds is 3. The Balaban J connectivity index is 4.52. The fraction of sp³-hybridized carbons (Fsp3) is 0.455. The molecule has 0 radical (unpaired) electrons. The molecule has 0 atom stereocenters. The predicted octanol–water partition coefficient (Wildman–Crippen LogP) is 3.87. The predicted molar refractivity (Wildman–Crippen MR) is 52.6 cm³/mol. The van der Waals surface area contributed by atoms with Crippen LogP contribution < -0.4 is 0 Å². The van der Waals surface area contributed by atoms with Crippen LogP contribution in [0.5, 0.6) is 0 Å². The Bertz CT molecular complexity index is 180. The van der Waals surface area contributed by atoms with E-state index in [-0.39, 0.29) is 0 Å². The first-order chi connectivity index (χ1) is 5.26. The molecule has 0 spiro atoms. The lowest BCUT2D eigenvalue weighted by molar-refractivity contribution is 1.12. The third-order valence-electron chi connectivity index (χ3n) is 1.67. The third kappa shape index (κ3) is 3.82. The van der Waals surface area contributed by atoms with Crippen LogP contribution in [0.3, 0.4) is 0 Å². The van der Waals surface area contributed by atoms with Crippen LogP contribution in [0.15, 0.2) is 35.5 Å². The standard InChI is InChI=1S/C11H18/c1-5-8-10(4)11(7-3)9-6-2/h5-6,8-9H,7H2,1-4H3/b8-5-,9-6-,11-10+. The van der Waals surface area contributed by atoms with Crippen LogP contribution in [-0.2, 0) is 0 Å². The van der Waals surface area contributed by atoms with Gasteiger partial charge in [-0.2, -0.15) is 0 Å². The van der Waals surface area contributed by atoms with E-state index in [4.69, 9.17) is 0 Å². The van der Waals surface area contributed by atoms with E-state index in [1.165, 1.54) is 11.1 Å². The minimum atomic E-state index is 1.11. The fourth-order valence-corrected chi connectivity index (χ4v) is 1.09. The van der Waals surface area contributed by atoms with Gasteiger partial charge in [0.15, 0.2) is 0 Å². The molecule has 0 aromatic carbocycles. The van der Waals surface area contributed by atoms with Crippen LogP contribution >= 0.6 is 0 Å². The highest BCUT2D eigenvalue weighted by Gasteiger charge is 1.90. The van der Waals surface area contributed by atoms with Crippen molar-refractivity contribution in [1.82, 2.24) is 0 Å². The van der Waals surface area contributed by atoms with Gasteiger partial charge in [0.25, 0.3) is 0 Å². The van der Waals surface area contributed by atoms with Crippen LogP contribution in [0.4, 0.5) is 0 Å². The second-order valence-electron chi connectivity index (χ2n) is 2.56. The topological polar surface area (TPSA) is 0 Å². The number of allylic oxidation sites excluding steroid dienone is 6. The van der Waals surface area contributed by atoms with E-state index < -0.39 is 0 Å². The first kappa shape index (κ1) is 10.2. The molecule has 0 unspecified atom stereocenters. The maximum atomic E-state index is 2.18. The van der Waals surface area contributed by atoms with Gasteiger partial charge >= 0.3 is 0 Å². The average Bonchev–Trinajstić information content (AvgIpc) is 2.00. The minimum absolute atomic E-state index is 1.11. The highest BCUT2D eigenvalue weighted by atomic mass is 14.0. The van der Waals surface area contributed by atoms with Crippen molar-refractivity contribution in [2.75, 3.05) is 0 Å². The van der Waals surface area contributed by atoms with Gasteiger partial charge in [-0.3, -0.25) is 0 Å². The Morgan fingerprint density at radius 3 is 2.00 bits per heavy atom. The Hall–Kier alpha value is -0.780. The molecule has 11 heavy (non-hydrogen) atoms. The summed E-state index contributed by atoms with van der Waals surface area (Å²) >= 11 is 0. The van der Waals surface area contributed by atoms with Crippen LogP contribution in [0.25, 0.3) is 0 Å². The summed E-state index contributed by atoms with van der Waals surface area (Å²) in [4.78, 5) is 0. The van der Waals surface area contributed by atoms with Gasteiger partial charge in [-0.1, -0.05) is 31.2 Å². The summed E-state index contributed by atoms with van der Waals surface area (Å²) in [5, 5.41) is 0. The summed E-state index contributed by atoms with van der Waals surface area (Å²) in [5.74, 6) is 0. The van der Waals surface area contributed by atoms with E-state index in [9.17, 15) is 0 Å². The molecule has 0 aromatic heterocycles. The molecular weight excluding hydrogens is 132 g/mol. The molecule has 0 amide bonds. The van der Waals surface area contributed by atoms with Gasteiger partial charge in [-0.25, -0.2) is 0 Å². The van der Waals surface area contributed by atoms with Gasteiger partial charge in [0.1, 0.15) is 0 Å². The molecule has 0 aliphatic rings. The molecule has 0 heteroatoms. The van der Waals surface area contributed by atoms with Crippen LogP contribution in [0.1, 0.15) is 34.1 Å². The van der Waals surface area contributed by atoms with Gasteiger partial charge in [0.05, 0.1) is 0 Å². The van der Waals surface area contributed by atoms with Crippen molar-refractivity contribution in [2.24, 2.45) is 0 Å². The summed E-state index contributed by atoms with van der Waals surface area (Å²) in [6.45, 7) is 8.44. The number of hydrogen-bond donors (Lipinski definition) is 0. The van der Waals surface area contributed by atoms with Gasteiger partial charge in [0.2, 0.25) is 0 Å². The molecule has 0 aromatic rings. The SMILES string of the molecule is C\C=C/C(C)=C(/C=C\C)CC. The van der Waals surface area contributed by atoms with Gasteiger partial charge in [-0.05, 0) is 38.3 Å². The van der Waals surface area contributed by atoms with Gasteiger partial charge < -0.3 is 0 Å². The Morgan fingerprint density at radius 1 is 1.09 bits per heavy atom. The second kappa shape index (κ2) is 5.96. The molecule has 0 heterocycles. The molecule has 0 aliphatic carbocycles. The molecular formula is C11H18. The number of hydrogen-bond acceptors (Lipinski definition) is 0. The van der Waals surface area contributed by atoms with E-state index in [1.807, 2.05) is 6.92 Å². The molecule has 62 valence electrons. The van der Waals surface area contributed by atoms with Crippen molar-refractivity contribution in [2.45, 2.75) is 34.1 Å². The third-order valence-corrected chi connectivity index (χ3v) is 1.67. The van der Waals surface area contributed by atoms with E-state index >= 15 is 0 Å². The van der Waals surface area contributed by atoms with Crippen molar-refractivity contribution in [3.63, 3.8) is 0 Å². The first-order valence-corrected chi connectivity index (χ1v) is 4.21. The molecule has 0 saturated heterocycles. The van der Waals surface area contributed by atoms with E-state index in [0.29, 0.717) is 0 Å². The zero-order chi connectivity index (χ0) is 8.69. The molecule has 0 N–H and O–H groups in total. The summed E-state index contributed by atoms with van der Waals surface area (Å²) in [6.07, 6.45) is 9.61. The zero-order valence-corrected chi connectivity index (χ0v) is 8.02. The van der Waals surface area contributed by atoms with Crippen molar-refractivity contribution < 1.29 is 0 Å². The molecule has 0 fully saturated rings. The Labute approximate surface area is 70.3 Å². The van der Waals surface area contributed by atoms with Gasteiger partial charge in [0, 0.05) is 0 Å². The van der Waals surface area contributed by atoms with Crippen molar-refractivity contribution in [3.8, 4) is 0 Å². The Kier molecular flexibility index (Phi) is 5.54. The lowest BCUT2D eigenvalue weighted by Gasteiger charge is -1.99. The molecule has 0 aliphatic heterocycles. The van der Waals surface area contributed by atoms with Gasteiger partial charge in [-0.15, -0.1) is 0 Å². The molecule has 0 bridgehead atoms. The van der Waals surface area contributed by atoms with Crippen LogP contribution in [-0.4, -0.2) is 0 Å². The summed E-state index contributed by atoms with van der Waals surface area (Å²) in [7, 11) is 0. The minimum Gasteiger partial charge on any atom is -0.0874 e. The molecule has 0 saturated carbocycles. The lowest BCUT2D eigenvalue weighted by atomic mass is 10.1.